The van der Waals surface area contributed by atoms with Gasteiger partial charge in [-0.3, -0.25) is 10.2 Å². The Labute approximate surface area is 200 Å². The molecule has 0 saturated carbocycles. The van der Waals surface area contributed by atoms with Gasteiger partial charge in [-0.15, -0.1) is 0 Å². The van der Waals surface area contributed by atoms with Crippen LogP contribution in [0.2, 0.25) is 5.02 Å². The van der Waals surface area contributed by atoms with Crippen molar-refractivity contribution in [1.82, 2.24) is 5.01 Å². The number of rotatable bonds is 8. The molecule has 0 atom stereocenters. The summed E-state index contributed by atoms with van der Waals surface area (Å²) < 4.78 is 17.0. The fourth-order valence-corrected chi connectivity index (χ4v) is 4.01. The molecule has 0 bridgehead atoms. The van der Waals surface area contributed by atoms with E-state index in [1.807, 2.05) is 31.2 Å². The molecule has 0 saturated heterocycles. The zero-order valence-corrected chi connectivity index (χ0v) is 19.6. The highest BCUT2D eigenvalue weighted by Crippen LogP contribution is 2.37. The van der Waals surface area contributed by atoms with Gasteiger partial charge in [0, 0.05) is 6.42 Å². The van der Waals surface area contributed by atoms with Crippen LogP contribution < -0.4 is 14.2 Å². The second kappa shape index (κ2) is 10.1. The minimum Gasteiger partial charge on any atom is -0.493 e. The van der Waals surface area contributed by atoms with E-state index in [1.54, 1.807) is 12.1 Å². The Morgan fingerprint density at radius 3 is 2.70 bits per heavy atom. The average molecular weight is 485 g/mol. The molecule has 10 heteroatoms. The van der Waals surface area contributed by atoms with Gasteiger partial charge in [0.1, 0.15) is 5.75 Å². The van der Waals surface area contributed by atoms with Crippen LogP contribution in [-0.2, 0) is 4.79 Å². The van der Waals surface area contributed by atoms with Crippen molar-refractivity contribution >= 4 is 51.9 Å². The summed E-state index contributed by atoms with van der Waals surface area (Å²) in [5.74, 6) is 1.08. The first kappa shape index (κ1) is 22.9. The van der Waals surface area contributed by atoms with Crippen molar-refractivity contribution in [2.75, 3.05) is 20.3 Å². The van der Waals surface area contributed by atoms with Crippen LogP contribution in [0.4, 0.5) is 0 Å². The number of hydrogen-bond donors (Lipinski definition) is 1. The van der Waals surface area contributed by atoms with E-state index >= 15 is 0 Å². The first-order valence-corrected chi connectivity index (χ1v) is 11.3. The van der Waals surface area contributed by atoms with Crippen molar-refractivity contribution in [1.29, 1.82) is 5.41 Å². The van der Waals surface area contributed by atoms with Crippen molar-refractivity contribution in [2.45, 2.75) is 13.3 Å². The average Bonchev–Trinajstić information content (AvgIpc) is 3.27. The number of halogens is 1. The van der Waals surface area contributed by atoms with Gasteiger partial charge < -0.3 is 14.2 Å². The number of aryl methyl sites for hydroxylation is 1. The van der Waals surface area contributed by atoms with E-state index in [0.29, 0.717) is 46.9 Å². The zero-order chi connectivity index (χ0) is 23.4. The van der Waals surface area contributed by atoms with Crippen LogP contribution in [0, 0.1) is 12.3 Å². The number of hydrogen-bond acceptors (Lipinski definition) is 7. The summed E-state index contributed by atoms with van der Waals surface area (Å²) in [6.07, 6.45) is 2.19. The molecule has 8 nitrogen and oxygen atoms in total. The van der Waals surface area contributed by atoms with Gasteiger partial charge in [-0.1, -0.05) is 29.3 Å². The molecule has 2 aromatic rings. The Morgan fingerprint density at radius 2 is 1.94 bits per heavy atom. The van der Waals surface area contributed by atoms with Crippen LogP contribution in [0.3, 0.4) is 0 Å². The topological polar surface area (TPSA) is 96.6 Å². The van der Waals surface area contributed by atoms with Gasteiger partial charge in [0.2, 0.25) is 0 Å². The minimum atomic E-state index is -0.506. The number of carbonyl (C=O) groups is 1. The summed E-state index contributed by atoms with van der Waals surface area (Å²) in [4.78, 5) is 16.4. The molecule has 0 radical (unpaired) electrons. The highest BCUT2D eigenvalue weighted by atomic mass is 35.5. The standard InChI is InChI=1S/C23H21ClN4O4S/c1-14-4-6-16(7-5-14)31-8-3-9-32-20-18(24)11-15(12-19(20)30-2)10-17-21(25)28-23(27-22(17)29)33-13-26-28/h4-7,10-13,25H,3,8-9H2,1-2H3/b17-10+,25-21?. The lowest BCUT2D eigenvalue weighted by Gasteiger charge is -2.20. The van der Waals surface area contributed by atoms with Gasteiger partial charge in [-0.25, -0.2) is 0 Å². The predicted octanol–water partition coefficient (Wildman–Crippen LogP) is 4.75. The van der Waals surface area contributed by atoms with Crippen LogP contribution >= 0.6 is 23.4 Å². The van der Waals surface area contributed by atoms with Gasteiger partial charge >= 0.3 is 0 Å². The lowest BCUT2D eigenvalue weighted by atomic mass is 10.1. The summed E-state index contributed by atoms with van der Waals surface area (Å²) >= 11 is 7.64. The maximum Gasteiger partial charge on any atom is 0.283 e. The molecule has 0 aromatic heterocycles. The molecular weight excluding hydrogens is 464 g/mol. The third-order valence-electron chi connectivity index (χ3n) is 4.78. The molecule has 0 spiro atoms. The molecule has 0 unspecified atom stereocenters. The highest BCUT2D eigenvalue weighted by Gasteiger charge is 2.32. The molecule has 0 aliphatic carbocycles. The lowest BCUT2D eigenvalue weighted by molar-refractivity contribution is -0.114. The van der Waals surface area contributed by atoms with Crippen molar-refractivity contribution in [3.8, 4) is 17.2 Å². The number of aliphatic imine (C=N–C) groups is 1. The molecule has 2 aromatic carbocycles. The summed E-state index contributed by atoms with van der Waals surface area (Å²) in [5, 5.41) is 14.3. The monoisotopic (exact) mass is 484 g/mol. The van der Waals surface area contributed by atoms with Crippen LogP contribution in [0.5, 0.6) is 17.2 Å². The van der Waals surface area contributed by atoms with E-state index in [4.69, 9.17) is 31.2 Å². The van der Waals surface area contributed by atoms with Crippen molar-refractivity contribution < 1.29 is 19.0 Å². The van der Waals surface area contributed by atoms with Gasteiger partial charge in [0.15, 0.2) is 22.5 Å². The summed E-state index contributed by atoms with van der Waals surface area (Å²) in [5.41, 5.74) is 3.40. The van der Waals surface area contributed by atoms with Crippen molar-refractivity contribution in [2.24, 2.45) is 10.1 Å². The number of nitrogens with one attached hydrogen (secondary N) is 1. The number of benzene rings is 2. The molecule has 0 fully saturated rings. The molecule has 2 aliphatic heterocycles. The molecule has 1 N–H and O–H groups in total. The Kier molecular flexibility index (Phi) is 7.00. The third kappa shape index (κ3) is 5.20. The Hall–Kier alpha value is -3.30. The van der Waals surface area contributed by atoms with Gasteiger partial charge in [0.05, 0.1) is 36.5 Å². The quantitative estimate of drug-likeness (QED) is 0.429. The molecule has 170 valence electrons. The van der Waals surface area contributed by atoms with E-state index in [0.717, 1.165) is 5.75 Å². The first-order valence-electron chi connectivity index (χ1n) is 10.1. The van der Waals surface area contributed by atoms with E-state index in [2.05, 4.69) is 10.1 Å². The van der Waals surface area contributed by atoms with Gasteiger partial charge in [-0.05, 0) is 54.6 Å². The van der Waals surface area contributed by atoms with Crippen LogP contribution in [0.1, 0.15) is 17.5 Å². The highest BCUT2D eigenvalue weighted by molar-refractivity contribution is 8.25. The Morgan fingerprint density at radius 1 is 1.18 bits per heavy atom. The second-order valence-electron chi connectivity index (χ2n) is 7.15. The lowest BCUT2D eigenvalue weighted by Crippen LogP contribution is -2.35. The Bertz CT molecular complexity index is 1180. The number of carbonyl (C=O) groups excluding carboxylic acids is 1. The second-order valence-corrected chi connectivity index (χ2v) is 8.37. The van der Waals surface area contributed by atoms with Gasteiger partial charge in [-0.2, -0.15) is 15.1 Å². The van der Waals surface area contributed by atoms with E-state index in [1.165, 1.54) is 41.1 Å². The molecule has 2 heterocycles. The zero-order valence-electron chi connectivity index (χ0n) is 18.0. The molecule has 33 heavy (non-hydrogen) atoms. The largest absolute Gasteiger partial charge is 0.493 e. The maximum atomic E-state index is 12.4. The molecule has 2 aliphatic rings. The number of ether oxygens (including phenoxy) is 3. The van der Waals surface area contributed by atoms with Crippen LogP contribution in [0.15, 0.2) is 52.1 Å². The molecule has 1 amide bonds. The number of amidine groups is 2. The summed E-state index contributed by atoms with van der Waals surface area (Å²) in [7, 11) is 1.51. The van der Waals surface area contributed by atoms with Gasteiger partial charge in [0.25, 0.3) is 5.91 Å². The third-order valence-corrected chi connectivity index (χ3v) is 5.74. The van der Waals surface area contributed by atoms with E-state index in [9.17, 15) is 4.79 Å². The summed E-state index contributed by atoms with van der Waals surface area (Å²) in [6, 6.07) is 11.2. The first-order chi connectivity index (χ1) is 16.0. The smallest absolute Gasteiger partial charge is 0.283 e. The van der Waals surface area contributed by atoms with Crippen LogP contribution in [-0.4, -0.2) is 47.8 Å². The molecular formula is C23H21ClN4O4S. The van der Waals surface area contributed by atoms with E-state index < -0.39 is 5.91 Å². The number of hydrazone groups is 1. The molecule has 4 rings (SSSR count). The fourth-order valence-electron chi connectivity index (χ4n) is 3.12. The number of fused-ring (bicyclic) bond motifs is 1. The SMILES string of the molecule is COc1cc(/C=C2\C(=N)N3N=CSC3=NC2=O)cc(Cl)c1OCCCOc1ccc(C)cc1. The fraction of sp³-hybridized carbons (Fsp3) is 0.217. The maximum absolute atomic E-state index is 12.4. The predicted molar refractivity (Wildman–Crippen MR) is 131 cm³/mol. The van der Waals surface area contributed by atoms with Crippen LogP contribution in [0.25, 0.3) is 6.08 Å². The summed E-state index contributed by atoms with van der Waals surface area (Å²) in [6.45, 7) is 2.91. The number of nitrogens with zero attached hydrogens (tertiary/aromatic N) is 3. The van der Waals surface area contributed by atoms with Crippen molar-refractivity contribution in [3.05, 3.63) is 58.1 Å². The normalized spacial score (nSPS) is 16.2. The minimum absolute atomic E-state index is 0.0461. The van der Waals surface area contributed by atoms with E-state index in [-0.39, 0.29) is 11.4 Å². The van der Waals surface area contributed by atoms with Crippen molar-refractivity contribution in [3.63, 3.8) is 0 Å². The number of amides is 1. The number of methoxy groups -OCH3 is 1. The Balaban J connectivity index is 1.42. The number of thioether (sulfide) groups is 1.